The number of hydrogen-bond donors (Lipinski definition) is 1. The molecule has 110 valence electrons. The number of hydrogen-bond acceptors (Lipinski definition) is 3. The first kappa shape index (κ1) is 16.0. The van der Waals surface area contributed by atoms with E-state index < -0.39 is 33.8 Å². The lowest BCUT2D eigenvalue weighted by Gasteiger charge is -2.27. The molecule has 0 aromatic carbocycles. The van der Waals surface area contributed by atoms with Gasteiger partial charge in [-0.05, 0) is 18.6 Å². The SMILES string of the molecule is CC(C)(CCS(=O)(=O)NCc1ccco1)C(F)(F)F. The lowest BCUT2D eigenvalue weighted by molar-refractivity contribution is -0.211. The van der Waals surface area contributed by atoms with E-state index in [9.17, 15) is 21.6 Å². The lowest BCUT2D eigenvalue weighted by atomic mass is 9.90. The van der Waals surface area contributed by atoms with Crippen molar-refractivity contribution in [1.29, 1.82) is 0 Å². The highest BCUT2D eigenvalue weighted by atomic mass is 32.2. The highest BCUT2D eigenvalue weighted by Gasteiger charge is 2.47. The molecule has 0 aliphatic carbocycles. The van der Waals surface area contributed by atoms with E-state index in [0.717, 1.165) is 13.8 Å². The molecule has 0 aliphatic heterocycles. The number of nitrogens with one attached hydrogen (secondary N) is 1. The van der Waals surface area contributed by atoms with Gasteiger partial charge in [-0.2, -0.15) is 13.2 Å². The van der Waals surface area contributed by atoms with Crippen molar-refractivity contribution in [2.45, 2.75) is 33.0 Å². The number of halogens is 3. The van der Waals surface area contributed by atoms with E-state index in [4.69, 9.17) is 4.42 Å². The highest BCUT2D eigenvalue weighted by molar-refractivity contribution is 7.89. The van der Waals surface area contributed by atoms with Gasteiger partial charge in [-0.15, -0.1) is 0 Å². The molecule has 0 atom stereocenters. The highest BCUT2D eigenvalue weighted by Crippen LogP contribution is 2.40. The minimum atomic E-state index is -4.43. The van der Waals surface area contributed by atoms with E-state index in [1.807, 2.05) is 0 Å². The molecule has 0 aliphatic rings. The average Bonchev–Trinajstić information content (AvgIpc) is 2.75. The molecule has 0 bridgehead atoms. The van der Waals surface area contributed by atoms with Crippen LogP contribution >= 0.6 is 0 Å². The van der Waals surface area contributed by atoms with Crippen LogP contribution in [-0.2, 0) is 16.6 Å². The van der Waals surface area contributed by atoms with Crippen LogP contribution < -0.4 is 4.72 Å². The van der Waals surface area contributed by atoms with Gasteiger partial charge in [0.15, 0.2) is 0 Å². The van der Waals surface area contributed by atoms with Crippen molar-refractivity contribution < 1.29 is 26.0 Å². The summed E-state index contributed by atoms with van der Waals surface area (Å²) < 4.78 is 68.0. The fraction of sp³-hybridized carbons (Fsp3) is 0.636. The Morgan fingerprint density at radius 2 is 1.95 bits per heavy atom. The Bertz CT molecular complexity index is 492. The van der Waals surface area contributed by atoms with Crippen molar-refractivity contribution in [3.05, 3.63) is 24.2 Å². The Morgan fingerprint density at radius 3 is 2.42 bits per heavy atom. The second kappa shape index (κ2) is 5.54. The summed E-state index contributed by atoms with van der Waals surface area (Å²) in [5, 5.41) is 0. The predicted molar refractivity (Wildman–Crippen MR) is 63.8 cm³/mol. The Labute approximate surface area is 110 Å². The van der Waals surface area contributed by atoms with Crippen LogP contribution in [0.1, 0.15) is 26.0 Å². The van der Waals surface area contributed by atoms with Crippen molar-refractivity contribution in [1.82, 2.24) is 4.72 Å². The molecule has 8 heteroatoms. The van der Waals surface area contributed by atoms with Gasteiger partial charge >= 0.3 is 6.18 Å². The summed E-state index contributed by atoms with van der Waals surface area (Å²) >= 11 is 0. The van der Waals surface area contributed by atoms with Gasteiger partial charge in [0.05, 0.1) is 24.0 Å². The summed E-state index contributed by atoms with van der Waals surface area (Å²) in [6.45, 7) is 1.89. The molecule has 0 amide bonds. The first-order valence-electron chi connectivity index (χ1n) is 5.60. The van der Waals surface area contributed by atoms with Crippen LogP contribution in [0.5, 0.6) is 0 Å². The maximum Gasteiger partial charge on any atom is 0.394 e. The van der Waals surface area contributed by atoms with Crippen molar-refractivity contribution in [3.63, 3.8) is 0 Å². The zero-order valence-electron chi connectivity index (χ0n) is 10.6. The van der Waals surface area contributed by atoms with Crippen LogP contribution in [0.25, 0.3) is 0 Å². The zero-order chi connectivity index (χ0) is 14.7. The van der Waals surface area contributed by atoms with Crippen LogP contribution in [0, 0.1) is 5.41 Å². The van der Waals surface area contributed by atoms with Gasteiger partial charge in [0.1, 0.15) is 5.76 Å². The van der Waals surface area contributed by atoms with Crippen LogP contribution in [-0.4, -0.2) is 20.3 Å². The lowest BCUT2D eigenvalue weighted by Crippen LogP contribution is -2.36. The monoisotopic (exact) mass is 299 g/mol. The summed E-state index contributed by atoms with van der Waals surface area (Å²) in [6, 6.07) is 3.17. The van der Waals surface area contributed by atoms with E-state index in [1.54, 1.807) is 12.1 Å². The average molecular weight is 299 g/mol. The molecule has 0 unspecified atom stereocenters. The van der Waals surface area contributed by atoms with Crippen LogP contribution in [0.15, 0.2) is 22.8 Å². The van der Waals surface area contributed by atoms with E-state index in [2.05, 4.69) is 4.72 Å². The Kier molecular flexibility index (Phi) is 4.67. The van der Waals surface area contributed by atoms with Crippen molar-refractivity contribution >= 4 is 10.0 Å². The predicted octanol–water partition coefficient (Wildman–Crippen LogP) is 2.68. The molecule has 1 aromatic heterocycles. The third kappa shape index (κ3) is 4.87. The van der Waals surface area contributed by atoms with Crippen molar-refractivity contribution in [3.8, 4) is 0 Å². The molecule has 1 heterocycles. The van der Waals surface area contributed by atoms with Crippen LogP contribution in [0.2, 0.25) is 0 Å². The smallest absolute Gasteiger partial charge is 0.394 e. The van der Waals surface area contributed by atoms with Gasteiger partial charge in [0.25, 0.3) is 0 Å². The van der Waals surface area contributed by atoms with E-state index in [-0.39, 0.29) is 6.54 Å². The molecule has 0 radical (unpaired) electrons. The fourth-order valence-electron chi connectivity index (χ4n) is 1.20. The number of furan rings is 1. The Morgan fingerprint density at radius 1 is 1.32 bits per heavy atom. The van der Waals surface area contributed by atoms with Crippen LogP contribution in [0.4, 0.5) is 13.2 Å². The number of sulfonamides is 1. The van der Waals surface area contributed by atoms with E-state index >= 15 is 0 Å². The first-order chi connectivity index (χ1) is 8.54. The van der Waals surface area contributed by atoms with Gasteiger partial charge in [-0.25, -0.2) is 13.1 Å². The topological polar surface area (TPSA) is 59.3 Å². The molecule has 0 spiro atoms. The quantitative estimate of drug-likeness (QED) is 0.878. The molecule has 1 aromatic rings. The second-order valence-corrected chi connectivity index (χ2v) is 6.78. The van der Waals surface area contributed by atoms with Gasteiger partial charge in [0.2, 0.25) is 10.0 Å². The third-order valence-electron chi connectivity index (χ3n) is 2.81. The first-order valence-corrected chi connectivity index (χ1v) is 7.25. The normalized spacial score (nSPS) is 13.7. The van der Waals surface area contributed by atoms with E-state index in [0.29, 0.717) is 5.76 Å². The maximum absolute atomic E-state index is 12.6. The Balaban J connectivity index is 2.52. The Hall–Kier alpha value is -1.02. The largest absolute Gasteiger partial charge is 0.468 e. The number of alkyl halides is 3. The van der Waals surface area contributed by atoms with E-state index in [1.165, 1.54) is 6.26 Å². The van der Waals surface area contributed by atoms with Gasteiger partial charge in [-0.3, -0.25) is 0 Å². The molecule has 0 saturated heterocycles. The van der Waals surface area contributed by atoms with Gasteiger partial charge < -0.3 is 4.42 Å². The summed E-state index contributed by atoms with van der Waals surface area (Å²) in [6.07, 6.45) is -3.54. The van der Waals surface area contributed by atoms with Crippen molar-refractivity contribution in [2.24, 2.45) is 5.41 Å². The fourth-order valence-corrected chi connectivity index (χ4v) is 2.48. The molecular formula is C11H16F3NO3S. The molecular weight excluding hydrogens is 283 g/mol. The molecule has 0 saturated carbocycles. The third-order valence-corrected chi connectivity index (χ3v) is 4.14. The minimum Gasteiger partial charge on any atom is -0.468 e. The zero-order valence-corrected chi connectivity index (χ0v) is 11.4. The molecule has 1 rings (SSSR count). The van der Waals surface area contributed by atoms with Gasteiger partial charge in [-0.1, -0.05) is 13.8 Å². The maximum atomic E-state index is 12.6. The summed E-state index contributed by atoms with van der Waals surface area (Å²) in [4.78, 5) is 0. The second-order valence-electron chi connectivity index (χ2n) is 4.85. The standard InChI is InChI=1S/C11H16F3NO3S/c1-10(2,11(12,13)14)5-7-19(16,17)15-8-9-4-3-6-18-9/h3-4,6,15H,5,7-8H2,1-2H3. The summed E-state index contributed by atoms with van der Waals surface area (Å²) in [5.41, 5.74) is -2.04. The molecule has 1 N–H and O–H groups in total. The minimum absolute atomic E-state index is 0.0677. The van der Waals surface area contributed by atoms with Crippen molar-refractivity contribution in [2.75, 3.05) is 5.75 Å². The van der Waals surface area contributed by atoms with Crippen LogP contribution in [0.3, 0.4) is 0 Å². The van der Waals surface area contributed by atoms with Gasteiger partial charge in [0, 0.05) is 0 Å². The molecule has 19 heavy (non-hydrogen) atoms. The molecule has 4 nitrogen and oxygen atoms in total. The summed E-state index contributed by atoms with van der Waals surface area (Å²) in [5.74, 6) is -0.182. The summed E-state index contributed by atoms with van der Waals surface area (Å²) in [7, 11) is -3.76. The number of rotatable bonds is 6. The molecule has 0 fully saturated rings.